The van der Waals surface area contributed by atoms with Crippen molar-refractivity contribution in [2.24, 2.45) is 5.92 Å². The Morgan fingerprint density at radius 2 is 2.40 bits per heavy atom. The summed E-state index contributed by atoms with van der Waals surface area (Å²) >= 11 is 0. The third kappa shape index (κ3) is 3.91. The number of methoxy groups -OCH3 is 1. The number of ether oxygens (including phenoxy) is 1. The van der Waals surface area contributed by atoms with Gasteiger partial charge in [-0.05, 0) is 12.3 Å². The lowest BCUT2D eigenvalue weighted by Gasteiger charge is -2.13. The van der Waals surface area contributed by atoms with E-state index in [9.17, 15) is 0 Å². The van der Waals surface area contributed by atoms with E-state index in [1.165, 1.54) is 0 Å². The highest BCUT2D eigenvalue weighted by Gasteiger charge is 2.04. The van der Waals surface area contributed by atoms with Crippen molar-refractivity contribution in [1.29, 1.82) is 0 Å². The highest BCUT2D eigenvalue weighted by atomic mass is 16.5. The van der Waals surface area contributed by atoms with Crippen LogP contribution in [0.2, 0.25) is 0 Å². The zero-order chi connectivity index (χ0) is 11.1. The van der Waals surface area contributed by atoms with Gasteiger partial charge in [0.25, 0.3) is 0 Å². The second-order valence-corrected chi connectivity index (χ2v) is 3.89. The molecule has 0 radical (unpaired) electrons. The van der Waals surface area contributed by atoms with Crippen LogP contribution in [0.1, 0.15) is 20.3 Å². The SMILES string of the molecule is CCCn1ccnc1NCC(C)COC. The van der Waals surface area contributed by atoms with Crippen molar-refractivity contribution in [1.82, 2.24) is 9.55 Å². The number of aryl methyl sites for hydroxylation is 1. The molecule has 0 spiro atoms. The molecule has 0 saturated carbocycles. The molecule has 1 atom stereocenters. The number of hydrogen-bond acceptors (Lipinski definition) is 3. The van der Waals surface area contributed by atoms with Crippen LogP contribution in [-0.4, -0.2) is 29.8 Å². The summed E-state index contributed by atoms with van der Waals surface area (Å²) in [5, 5.41) is 3.33. The first-order valence-corrected chi connectivity index (χ1v) is 5.51. The Morgan fingerprint density at radius 3 is 3.07 bits per heavy atom. The summed E-state index contributed by atoms with van der Waals surface area (Å²) in [7, 11) is 1.73. The van der Waals surface area contributed by atoms with Gasteiger partial charge in [-0.2, -0.15) is 0 Å². The molecule has 0 fully saturated rings. The number of rotatable bonds is 7. The minimum Gasteiger partial charge on any atom is -0.384 e. The molecule has 0 saturated heterocycles. The molecule has 1 N–H and O–H groups in total. The van der Waals surface area contributed by atoms with Gasteiger partial charge in [-0.3, -0.25) is 0 Å². The van der Waals surface area contributed by atoms with E-state index in [-0.39, 0.29) is 0 Å². The molecule has 4 heteroatoms. The summed E-state index contributed by atoms with van der Waals surface area (Å²) in [6.45, 7) is 7.01. The first-order valence-electron chi connectivity index (χ1n) is 5.51. The van der Waals surface area contributed by atoms with E-state index in [2.05, 4.69) is 28.7 Å². The number of anilines is 1. The fourth-order valence-electron chi connectivity index (χ4n) is 1.51. The number of imidazole rings is 1. The maximum absolute atomic E-state index is 5.08. The summed E-state index contributed by atoms with van der Waals surface area (Å²) in [5.74, 6) is 1.46. The molecule has 1 rings (SSSR count). The predicted octanol–water partition coefficient (Wildman–Crippen LogP) is 1.99. The van der Waals surface area contributed by atoms with Gasteiger partial charge >= 0.3 is 0 Å². The molecule has 15 heavy (non-hydrogen) atoms. The Labute approximate surface area is 91.7 Å². The Kier molecular flexibility index (Phi) is 5.18. The molecule has 4 nitrogen and oxygen atoms in total. The van der Waals surface area contributed by atoms with Crippen LogP contribution in [0.4, 0.5) is 5.95 Å². The summed E-state index contributed by atoms with van der Waals surface area (Å²) in [5.41, 5.74) is 0. The Balaban J connectivity index is 2.39. The van der Waals surface area contributed by atoms with Gasteiger partial charge in [-0.15, -0.1) is 0 Å². The molecular formula is C11H21N3O. The smallest absolute Gasteiger partial charge is 0.202 e. The minimum atomic E-state index is 0.502. The summed E-state index contributed by atoms with van der Waals surface area (Å²) in [6.07, 6.45) is 4.96. The minimum absolute atomic E-state index is 0.502. The second-order valence-electron chi connectivity index (χ2n) is 3.89. The van der Waals surface area contributed by atoms with Crippen molar-refractivity contribution in [3.63, 3.8) is 0 Å². The average molecular weight is 211 g/mol. The quantitative estimate of drug-likeness (QED) is 0.749. The van der Waals surface area contributed by atoms with E-state index in [0.29, 0.717) is 5.92 Å². The fraction of sp³-hybridized carbons (Fsp3) is 0.727. The second kappa shape index (κ2) is 6.45. The van der Waals surface area contributed by atoms with E-state index in [1.54, 1.807) is 7.11 Å². The maximum atomic E-state index is 5.08. The van der Waals surface area contributed by atoms with Gasteiger partial charge in [-0.25, -0.2) is 4.98 Å². The Morgan fingerprint density at radius 1 is 1.60 bits per heavy atom. The fourth-order valence-corrected chi connectivity index (χ4v) is 1.51. The Bertz CT molecular complexity index is 273. The van der Waals surface area contributed by atoms with Gasteiger partial charge < -0.3 is 14.6 Å². The van der Waals surface area contributed by atoms with E-state index in [1.807, 2.05) is 12.4 Å². The maximum Gasteiger partial charge on any atom is 0.202 e. The monoisotopic (exact) mass is 211 g/mol. The lowest BCUT2D eigenvalue weighted by Crippen LogP contribution is -2.18. The van der Waals surface area contributed by atoms with E-state index in [0.717, 1.165) is 32.1 Å². The number of nitrogens with one attached hydrogen (secondary N) is 1. The van der Waals surface area contributed by atoms with Crippen LogP contribution >= 0.6 is 0 Å². The van der Waals surface area contributed by atoms with E-state index in [4.69, 9.17) is 4.74 Å². The molecule has 0 aromatic carbocycles. The van der Waals surface area contributed by atoms with E-state index >= 15 is 0 Å². The number of aromatic nitrogens is 2. The van der Waals surface area contributed by atoms with Crippen LogP contribution < -0.4 is 5.32 Å². The van der Waals surface area contributed by atoms with Gasteiger partial charge in [0, 0.05) is 32.6 Å². The number of nitrogens with zero attached hydrogens (tertiary/aromatic N) is 2. The van der Waals surface area contributed by atoms with Gasteiger partial charge in [0.15, 0.2) is 0 Å². The van der Waals surface area contributed by atoms with Crippen molar-refractivity contribution in [3.8, 4) is 0 Å². The molecule has 0 aliphatic rings. The third-order valence-corrected chi connectivity index (χ3v) is 2.24. The Hall–Kier alpha value is -1.03. The van der Waals surface area contributed by atoms with Crippen molar-refractivity contribution in [2.75, 3.05) is 25.6 Å². The van der Waals surface area contributed by atoms with Gasteiger partial charge in [0.1, 0.15) is 0 Å². The van der Waals surface area contributed by atoms with Crippen LogP contribution in [0.3, 0.4) is 0 Å². The third-order valence-electron chi connectivity index (χ3n) is 2.24. The molecule has 1 unspecified atom stereocenters. The van der Waals surface area contributed by atoms with Crippen molar-refractivity contribution < 1.29 is 4.74 Å². The van der Waals surface area contributed by atoms with Gasteiger partial charge in [0.2, 0.25) is 5.95 Å². The van der Waals surface area contributed by atoms with Crippen LogP contribution in [-0.2, 0) is 11.3 Å². The highest BCUT2D eigenvalue weighted by Crippen LogP contribution is 2.06. The molecule has 0 bridgehead atoms. The largest absolute Gasteiger partial charge is 0.384 e. The molecule has 1 heterocycles. The number of hydrogen-bond donors (Lipinski definition) is 1. The lowest BCUT2D eigenvalue weighted by atomic mass is 10.2. The van der Waals surface area contributed by atoms with Crippen LogP contribution in [0.25, 0.3) is 0 Å². The van der Waals surface area contributed by atoms with Gasteiger partial charge in [-0.1, -0.05) is 13.8 Å². The lowest BCUT2D eigenvalue weighted by molar-refractivity contribution is 0.164. The van der Waals surface area contributed by atoms with Crippen molar-refractivity contribution in [2.45, 2.75) is 26.8 Å². The average Bonchev–Trinajstić information content (AvgIpc) is 2.64. The van der Waals surface area contributed by atoms with Gasteiger partial charge in [0.05, 0.1) is 6.61 Å². The molecule has 0 amide bonds. The molecular weight excluding hydrogens is 190 g/mol. The zero-order valence-electron chi connectivity index (χ0n) is 9.86. The topological polar surface area (TPSA) is 39.1 Å². The standard InChI is InChI=1S/C11H21N3O/c1-4-6-14-7-5-12-11(14)13-8-10(2)9-15-3/h5,7,10H,4,6,8-9H2,1-3H3,(H,12,13). The predicted molar refractivity (Wildman–Crippen MR) is 62.0 cm³/mol. The first kappa shape index (κ1) is 12.0. The molecule has 86 valence electrons. The molecule has 0 aliphatic heterocycles. The van der Waals surface area contributed by atoms with Crippen LogP contribution in [0.15, 0.2) is 12.4 Å². The summed E-state index contributed by atoms with van der Waals surface area (Å²) in [4.78, 5) is 4.28. The van der Waals surface area contributed by atoms with E-state index < -0.39 is 0 Å². The highest BCUT2D eigenvalue weighted by molar-refractivity contribution is 5.25. The first-order chi connectivity index (χ1) is 7.27. The van der Waals surface area contributed by atoms with Crippen molar-refractivity contribution in [3.05, 3.63) is 12.4 Å². The van der Waals surface area contributed by atoms with Crippen molar-refractivity contribution >= 4 is 5.95 Å². The zero-order valence-corrected chi connectivity index (χ0v) is 9.86. The van der Waals surface area contributed by atoms with Crippen LogP contribution in [0, 0.1) is 5.92 Å². The molecule has 0 aliphatic carbocycles. The van der Waals surface area contributed by atoms with Crippen LogP contribution in [0.5, 0.6) is 0 Å². The molecule has 1 aromatic rings. The molecule has 1 aromatic heterocycles. The normalized spacial score (nSPS) is 12.7. The summed E-state index contributed by atoms with van der Waals surface area (Å²) < 4.78 is 7.22. The summed E-state index contributed by atoms with van der Waals surface area (Å²) in [6, 6.07) is 0.